The molecule has 1 heterocycles. The van der Waals surface area contributed by atoms with Gasteiger partial charge in [0.05, 0.1) is 10.5 Å². The van der Waals surface area contributed by atoms with E-state index >= 15 is 0 Å². The van der Waals surface area contributed by atoms with E-state index in [1.807, 2.05) is 18.2 Å². The van der Waals surface area contributed by atoms with Crippen LogP contribution in [0.3, 0.4) is 0 Å². The highest BCUT2D eigenvalue weighted by Gasteiger charge is 2.32. The lowest BCUT2D eigenvalue weighted by Crippen LogP contribution is -2.41. The Hall–Kier alpha value is -2.71. The van der Waals surface area contributed by atoms with Gasteiger partial charge in [-0.15, -0.1) is 0 Å². The van der Waals surface area contributed by atoms with E-state index in [0.717, 1.165) is 5.69 Å². The second kappa shape index (κ2) is 7.89. The Kier molecular flexibility index (Phi) is 5.57. The largest absolute Gasteiger partial charge is 0.478 e. The third-order valence-electron chi connectivity index (χ3n) is 4.61. The Morgan fingerprint density at radius 2 is 1.56 bits per heavy atom. The second-order valence-corrected chi connectivity index (χ2v) is 8.30. The van der Waals surface area contributed by atoms with Crippen LogP contribution in [0.5, 0.6) is 0 Å². The van der Waals surface area contributed by atoms with E-state index in [-0.39, 0.29) is 35.4 Å². The molecule has 27 heavy (non-hydrogen) atoms. The van der Waals surface area contributed by atoms with E-state index in [2.05, 4.69) is 5.32 Å². The van der Waals surface area contributed by atoms with E-state index in [1.54, 1.807) is 12.1 Å². The predicted molar refractivity (Wildman–Crippen MR) is 100.0 cm³/mol. The average Bonchev–Trinajstić information content (AvgIpc) is 2.69. The molecule has 2 aromatic rings. The highest BCUT2D eigenvalue weighted by atomic mass is 32.2. The molecule has 3 rings (SSSR count). The Bertz CT molecular complexity index is 918. The summed E-state index contributed by atoms with van der Waals surface area (Å²) in [5.74, 6) is -1.46. The molecule has 2 N–H and O–H groups in total. The van der Waals surface area contributed by atoms with E-state index < -0.39 is 16.0 Å². The molecule has 2 aromatic carbocycles. The van der Waals surface area contributed by atoms with Crippen molar-refractivity contribution in [1.29, 1.82) is 0 Å². The van der Waals surface area contributed by atoms with Crippen molar-refractivity contribution >= 4 is 27.6 Å². The van der Waals surface area contributed by atoms with E-state index in [1.165, 1.54) is 28.6 Å². The van der Waals surface area contributed by atoms with Gasteiger partial charge in [-0.25, -0.2) is 13.2 Å². The van der Waals surface area contributed by atoms with Crippen LogP contribution in [0.25, 0.3) is 0 Å². The van der Waals surface area contributed by atoms with Crippen molar-refractivity contribution in [1.82, 2.24) is 4.31 Å². The maximum Gasteiger partial charge on any atom is 0.335 e. The number of nitrogens with zero attached hydrogens (tertiary/aromatic N) is 1. The molecule has 142 valence electrons. The number of carboxylic acids is 1. The first-order chi connectivity index (χ1) is 12.9. The maximum atomic E-state index is 12.7. The smallest absolute Gasteiger partial charge is 0.335 e. The first-order valence-electron chi connectivity index (χ1n) is 8.57. The van der Waals surface area contributed by atoms with Crippen LogP contribution < -0.4 is 5.32 Å². The van der Waals surface area contributed by atoms with Crippen LogP contribution in [0.1, 0.15) is 23.2 Å². The molecule has 0 atom stereocenters. The van der Waals surface area contributed by atoms with Crippen LogP contribution in [-0.4, -0.2) is 42.8 Å². The third-order valence-corrected chi connectivity index (χ3v) is 6.52. The van der Waals surface area contributed by atoms with Gasteiger partial charge in [-0.1, -0.05) is 18.2 Å². The fraction of sp³-hybridized carbons (Fsp3) is 0.263. The van der Waals surface area contributed by atoms with Gasteiger partial charge in [-0.2, -0.15) is 4.31 Å². The number of nitrogens with one attached hydrogen (secondary N) is 1. The van der Waals surface area contributed by atoms with Gasteiger partial charge in [0.2, 0.25) is 15.9 Å². The molecule has 1 fully saturated rings. The normalized spacial score (nSPS) is 16.0. The Balaban J connectivity index is 1.62. The van der Waals surface area contributed by atoms with Crippen LogP contribution >= 0.6 is 0 Å². The van der Waals surface area contributed by atoms with Gasteiger partial charge >= 0.3 is 5.97 Å². The summed E-state index contributed by atoms with van der Waals surface area (Å²) < 4.78 is 26.8. The SMILES string of the molecule is O=C(O)c1ccc(S(=O)(=O)N2CCC(C(=O)Nc3ccccc3)CC2)cc1. The number of anilines is 1. The standard InChI is InChI=1S/C19H20N2O5S/c22-18(20-16-4-2-1-3-5-16)14-10-12-21(13-11-14)27(25,26)17-8-6-15(7-9-17)19(23)24/h1-9,14H,10-13H2,(H,20,22)(H,23,24). The minimum atomic E-state index is -3.70. The Labute approximate surface area is 157 Å². The number of carboxylic acid groups (broad SMARTS) is 1. The summed E-state index contributed by atoms with van der Waals surface area (Å²) in [6.45, 7) is 0.492. The number of hydrogen-bond donors (Lipinski definition) is 2. The van der Waals surface area contributed by atoms with Gasteiger partial charge in [0, 0.05) is 24.7 Å². The zero-order valence-corrected chi connectivity index (χ0v) is 15.4. The van der Waals surface area contributed by atoms with Crippen molar-refractivity contribution < 1.29 is 23.1 Å². The van der Waals surface area contributed by atoms with E-state index in [4.69, 9.17) is 5.11 Å². The molecule has 0 aliphatic carbocycles. The predicted octanol–water partition coefficient (Wildman–Crippen LogP) is 2.42. The molecule has 1 saturated heterocycles. The first kappa shape index (κ1) is 19.1. The van der Waals surface area contributed by atoms with E-state index in [9.17, 15) is 18.0 Å². The quantitative estimate of drug-likeness (QED) is 0.819. The lowest BCUT2D eigenvalue weighted by molar-refractivity contribution is -0.120. The van der Waals surface area contributed by atoms with Gasteiger partial charge in [-0.05, 0) is 49.2 Å². The molecule has 1 aliphatic rings. The maximum absolute atomic E-state index is 12.7. The summed E-state index contributed by atoms with van der Waals surface area (Å²) in [6, 6.07) is 14.3. The molecule has 0 saturated carbocycles. The zero-order chi connectivity index (χ0) is 19.4. The summed E-state index contributed by atoms with van der Waals surface area (Å²) in [5.41, 5.74) is 0.751. The van der Waals surface area contributed by atoms with Crippen molar-refractivity contribution in [2.24, 2.45) is 5.92 Å². The number of benzene rings is 2. The highest BCUT2D eigenvalue weighted by molar-refractivity contribution is 7.89. The molecular weight excluding hydrogens is 368 g/mol. The number of piperidine rings is 1. The lowest BCUT2D eigenvalue weighted by Gasteiger charge is -2.30. The van der Waals surface area contributed by atoms with E-state index in [0.29, 0.717) is 12.8 Å². The van der Waals surface area contributed by atoms with Gasteiger partial charge in [0.25, 0.3) is 0 Å². The lowest BCUT2D eigenvalue weighted by atomic mass is 9.97. The monoisotopic (exact) mass is 388 g/mol. The number of hydrogen-bond acceptors (Lipinski definition) is 4. The van der Waals surface area contributed by atoms with Crippen LogP contribution in [-0.2, 0) is 14.8 Å². The average molecular weight is 388 g/mol. The number of carbonyl (C=O) groups is 2. The van der Waals surface area contributed by atoms with Crippen LogP contribution in [0.2, 0.25) is 0 Å². The Morgan fingerprint density at radius 1 is 0.963 bits per heavy atom. The third kappa shape index (κ3) is 4.35. The molecule has 0 spiro atoms. The number of amides is 1. The molecule has 0 radical (unpaired) electrons. The van der Waals surface area contributed by atoms with Gasteiger partial charge in [0.1, 0.15) is 0 Å². The molecule has 0 unspecified atom stereocenters. The number of aromatic carboxylic acids is 1. The number of carbonyl (C=O) groups excluding carboxylic acids is 1. The number of sulfonamides is 1. The summed E-state index contributed by atoms with van der Waals surface area (Å²) in [6.07, 6.45) is 0.871. The van der Waals surface area contributed by atoms with Crippen molar-refractivity contribution in [3.63, 3.8) is 0 Å². The Morgan fingerprint density at radius 3 is 2.11 bits per heavy atom. The van der Waals surface area contributed by atoms with Crippen molar-refractivity contribution in [3.8, 4) is 0 Å². The molecule has 1 aliphatic heterocycles. The van der Waals surface area contributed by atoms with Gasteiger partial charge in [-0.3, -0.25) is 4.79 Å². The number of rotatable bonds is 5. The molecule has 8 heteroatoms. The summed E-state index contributed by atoms with van der Waals surface area (Å²) >= 11 is 0. The number of para-hydroxylation sites is 1. The molecule has 0 bridgehead atoms. The van der Waals surface area contributed by atoms with Crippen LogP contribution in [0.4, 0.5) is 5.69 Å². The van der Waals surface area contributed by atoms with Crippen molar-refractivity contribution in [3.05, 3.63) is 60.2 Å². The molecule has 1 amide bonds. The summed E-state index contributed by atoms with van der Waals surface area (Å²) in [5, 5.41) is 11.8. The fourth-order valence-electron chi connectivity index (χ4n) is 3.04. The minimum Gasteiger partial charge on any atom is -0.478 e. The van der Waals surface area contributed by atoms with Crippen molar-refractivity contribution in [2.75, 3.05) is 18.4 Å². The summed E-state index contributed by atoms with van der Waals surface area (Å²) in [4.78, 5) is 23.3. The van der Waals surface area contributed by atoms with Crippen molar-refractivity contribution in [2.45, 2.75) is 17.7 Å². The zero-order valence-electron chi connectivity index (χ0n) is 14.5. The molecule has 0 aromatic heterocycles. The topological polar surface area (TPSA) is 104 Å². The van der Waals surface area contributed by atoms with Crippen LogP contribution in [0.15, 0.2) is 59.5 Å². The van der Waals surface area contributed by atoms with Crippen LogP contribution in [0, 0.1) is 5.92 Å². The van der Waals surface area contributed by atoms with Gasteiger partial charge in [0.15, 0.2) is 0 Å². The first-order valence-corrected chi connectivity index (χ1v) is 10.0. The molecule has 7 nitrogen and oxygen atoms in total. The summed E-state index contributed by atoms with van der Waals surface area (Å²) in [7, 11) is -3.70. The van der Waals surface area contributed by atoms with Gasteiger partial charge < -0.3 is 10.4 Å². The minimum absolute atomic E-state index is 0.0326. The molecular formula is C19H20N2O5S. The second-order valence-electron chi connectivity index (χ2n) is 6.36. The highest BCUT2D eigenvalue weighted by Crippen LogP contribution is 2.25. The fourth-order valence-corrected chi connectivity index (χ4v) is 4.51.